The van der Waals surface area contributed by atoms with Crippen molar-refractivity contribution in [1.82, 2.24) is 5.32 Å². The molecule has 0 aliphatic heterocycles. The van der Waals surface area contributed by atoms with Crippen LogP contribution in [0.3, 0.4) is 0 Å². The maximum atomic E-state index is 11.8. The van der Waals surface area contributed by atoms with Gasteiger partial charge in [0, 0.05) is 18.3 Å². The minimum absolute atomic E-state index is 0.0528. The summed E-state index contributed by atoms with van der Waals surface area (Å²) >= 11 is 0. The third-order valence-corrected chi connectivity index (χ3v) is 3.58. The van der Waals surface area contributed by atoms with Gasteiger partial charge in [-0.2, -0.15) is 0 Å². The molecule has 0 fully saturated rings. The van der Waals surface area contributed by atoms with Gasteiger partial charge in [0.25, 0.3) is 0 Å². The van der Waals surface area contributed by atoms with Gasteiger partial charge >= 0.3 is 0 Å². The van der Waals surface area contributed by atoms with E-state index in [2.05, 4.69) is 10.0 Å². The van der Waals surface area contributed by atoms with Gasteiger partial charge in [0.05, 0.1) is 12.9 Å². The maximum Gasteiger partial charge on any atom is 0.233 e. The minimum atomic E-state index is -3.30. The SMILES string of the molecule is COc1ccc(NS(=O)(=O)CCNC(C)C)cc1. The molecule has 0 unspecified atom stereocenters. The molecule has 0 amide bonds. The molecule has 0 saturated carbocycles. The summed E-state index contributed by atoms with van der Waals surface area (Å²) < 4.78 is 31.0. The molecular weight excluding hydrogens is 252 g/mol. The van der Waals surface area contributed by atoms with Gasteiger partial charge in [-0.3, -0.25) is 4.72 Å². The summed E-state index contributed by atoms with van der Waals surface area (Å²) in [6, 6.07) is 7.05. The van der Waals surface area contributed by atoms with Crippen LogP contribution >= 0.6 is 0 Å². The van der Waals surface area contributed by atoms with Crippen molar-refractivity contribution in [3.63, 3.8) is 0 Å². The molecule has 0 heterocycles. The predicted octanol–water partition coefficient (Wildman–Crippen LogP) is 1.43. The average molecular weight is 272 g/mol. The molecule has 5 nitrogen and oxygen atoms in total. The quantitative estimate of drug-likeness (QED) is 0.788. The molecule has 0 spiro atoms. The molecule has 2 N–H and O–H groups in total. The molecule has 1 aromatic rings. The second-order valence-electron chi connectivity index (χ2n) is 4.26. The van der Waals surface area contributed by atoms with Crippen LogP contribution in [0.4, 0.5) is 5.69 Å². The fourth-order valence-electron chi connectivity index (χ4n) is 1.37. The fraction of sp³-hybridized carbons (Fsp3) is 0.500. The molecule has 18 heavy (non-hydrogen) atoms. The molecule has 0 radical (unpaired) electrons. The second-order valence-corrected chi connectivity index (χ2v) is 6.10. The van der Waals surface area contributed by atoms with E-state index in [4.69, 9.17) is 4.74 Å². The average Bonchev–Trinajstić information content (AvgIpc) is 2.28. The van der Waals surface area contributed by atoms with Crippen molar-refractivity contribution < 1.29 is 13.2 Å². The van der Waals surface area contributed by atoms with Gasteiger partial charge in [-0.05, 0) is 24.3 Å². The summed E-state index contributed by atoms with van der Waals surface area (Å²) in [6.45, 7) is 4.39. The molecule has 0 aliphatic rings. The normalized spacial score (nSPS) is 11.6. The van der Waals surface area contributed by atoms with Crippen LogP contribution in [0, 0.1) is 0 Å². The van der Waals surface area contributed by atoms with Crippen molar-refractivity contribution in [2.24, 2.45) is 0 Å². The summed E-state index contributed by atoms with van der Waals surface area (Å²) in [6.07, 6.45) is 0. The smallest absolute Gasteiger partial charge is 0.233 e. The van der Waals surface area contributed by atoms with Gasteiger partial charge in [0.1, 0.15) is 5.75 Å². The topological polar surface area (TPSA) is 67.4 Å². The van der Waals surface area contributed by atoms with Gasteiger partial charge in [-0.1, -0.05) is 13.8 Å². The van der Waals surface area contributed by atoms with E-state index in [1.807, 2.05) is 13.8 Å². The Morgan fingerprint density at radius 2 is 1.83 bits per heavy atom. The van der Waals surface area contributed by atoms with Crippen LogP contribution in [-0.2, 0) is 10.0 Å². The zero-order chi connectivity index (χ0) is 13.6. The Balaban J connectivity index is 2.53. The van der Waals surface area contributed by atoms with Gasteiger partial charge in [-0.25, -0.2) is 8.42 Å². The molecule has 0 bridgehead atoms. The van der Waals surface area contributed by atoms with E-state index in [0.717, 1.165) is 0 Å². The van der Waals surface area contributed by atoms with E-state index in [9.17, 15) is 8.42 Å². The summed E-state index contributed by atoms with van der Waals surface area (Å²) in [5, 5.41) is 3.07. The highest BCUT2D eigenvalue weighted by atomic mass is 32.2. The minimum Gasteiger partial charge on any atom is -0.497 e. The van der Waals surface area contributed by atoms with Gasteiger partial charge in [0.2, 0.25) is 10.0 Å². The Bertz CT molecular complexity index is 455. The monoisotopic (exact) mass is 272 g/mol. The molecule has 0 aromatic heterocycles. The van der Waals surface area contributed by atoms with Crippen molar-refractivity contribution >= 4 is 15.7 Å². The molecule has 1 rings (SSSR count). The highest BCUT2D eigenvalue weighted by Crippen LogP contribution is 2.15. The highest BCUT2D eigenvalue weighted by Gasteiger charge is 2.10. The molecular formula is C12H20N2O3S. The van der Waals surface area contributed by atoms with Crippen molar-refractivity contribution in [1.29, 1.82) is 0 Å². The standard InChI is InChI=1S/C12H20N2O3S/c1-10(2)13-8-9-18(15,16)14-11-4-6-12(17-3)7-5-11/h4-7,10,13-14H,8-9H2,1-3H3. The van der Waals surface area contributed by atoms with Gasteiger partial charge in [-0.15, -0.1) is 0 Å². The summed E-state index contributed by atoms with van der Waals surface area (Å²) in [5.74, 6) is 0.747. The van der Waals surface area contributed by atoms with E-state index in [0.29, 0.717) is 18.0 Å². The first-order chi connectivity index (χ1) is 8.43. The molecule has 1 aromatic carbocycles. The summed E-state index contributed by atoms with van der Waals surface area (Å²) in [4.78, 5) is 0. The Labute approximate surface area is 109 Å². The number of hydrogen-bond donors (Lipinski definition) is 2. The van der Waals surface area contributed by atoms with Crippen LogP contribution in [0.2, 0.25) is 0 Å². The Morgan fingerprint density at radius 3 is 2.33 bits per heavy atom. The first-order valence-electron chi connectivity index (χ1n) is 5.81. The molecule has 6 heteroatoms. The number of sulfonamides is 1. The lowest BCUT2D eigenvalue weighted by Crippen LogP contribution is -2.30. The number of hydrogen-bond acceptors (Lipinski definition) is 4. The number of methoxy groups -OCH3 is 1. The van der Waals surface area contributed by atoms with E-state index in [1.165, 1.54) is 0 Å². The number of ether oxygens (including phenoxy) is 1. The maximum absolute atomic E-state index is 11.8. The largest absolute Gasteiger partial charge is 0.497 e. The predicted molar refractivity (Wildman–Crippen MR) is 73.5 cm³/mol. The van der Waals surface area contributed by atoms with Crippen LogP contribution in [0.1, 0.15) is 13.8 Å². The number of anilines is 1. The highest BCUT2D eigenvalue weighted by molar-refractivity contribution is 7.92. The van der Waals surface area contributed by atoms with Crippen molar-refractivity contribution in [2.75, 3.05) is 24.1 Å². The Kier molecular flexibility index (Phi) is 5.43. The molecule has 0 atom stereocenters. The van der Waals surface area contributed by atoms with Crippen LogP contribution in [0.15, 0.2) is 24.3 Å². The first-order valence-corrected chi connectivity index (χ1v) is 7.46. The van der Waals surface area contributed by atoms with Crippen LogP contribution in [0.25, 0.3) is 0 Å². The summed E-state index contributed by atoms with van der Waals surface area (Å²) in [7, 11) is -1.74. The molecule has 0 aliphatic carbocycles. The van der Waals surface area contributed by atoms with E-state index in [1.54, 1.807) is 31.4 Å². The zero-order valence-corrected chi connectivity index (χ0v) is 11.8. The van der Waals surface area contributed by atoms with E-state index >= 15 is 0 Å². The van der Waals surface area contributed by atoms with Crippen LogP contribution in [0.5, 0.6) is 5.75 Å². The lowest BCUT2D eigenvalue weighted by atomic mass is 10.3. The molecule has 102 valence electrons. The van der Waals surface area contributed by atoms with Gasteiger partial charge in [0.15, 0.2) is 0 Å². The number of rotatable bonds is 7. The summed E-state index contributed by atoms with van der Waals surface area (Å²) in [5.41, 5.74) is 0.542. The zero-order valence-electron chi connectivity index (χ0n) is 10.9. The fourth-order valence-corrected chi connectivity index (χ4v) is 2.36. The van der Waals surface area contributed by atoms with E-state index in [-0.39, 0.29) is 11.8 Å². The van der Waals surface area contributed by atoms with Gasteiger partial charge < -0.3 is 10.1 Å². The van der Waals surface area contributed by atoms with Crippen molar-refractivity contribution in [2.45, 2.75) is 19.9 Å². The second kappa shape index (κ2) is 6.61. The third kappa shape index (κ3) is 5.37. The van der Waals surface area contributed by atoms with Crippen molar-refractivity contribution in [3.05, 3.63) is 24.3 Å². The van der Waals surface area contributed by atoms with Crippen LogP contribution < -0.4 is 14.8 Å². The van der Waals surface area contributed by atoms with E-state index < -0.39 is 10.0 Å². The first kappa shape index (κ1) is 14.8. The molecule has 0 saturated heterocycles. The van der Waals surface area contributed by atoms with Crippen LogP contribution in [-0.4, -0.2) is 33.9 Å². The Morgan fingerprint density at radius 1 is 1.22 bits per heavy atom. The third-order valence-electron chi connectivity index (χ3n) is 2.29. The number of nitrogens with one attached hydrogen (secondary N) is 2. The Hall–Kier alpha value is -1.27. The lowest BCUT2D eigenvalue weighted by molar-refractivity contribution is 0.415. The van der Waals surface area contributed by atoms with Crippen molar-refractivity contribution in [3.8, 4) is 5.75 Å². The lowest BCUT2D eigenvalue weighted by Gasteiger charge is -2.10. The number of benzene rings is 1.